The Bertz CT molecular complexity index is 489. The number of hydrogen-bond acceptors (Lipinski definition) is 3. The van der Waals surface area contributed by atoms with Gasteiger partial charge in [0.25, 0.3) is 5.91 Å². The van der Waals surface area contributed by atoms with Gasteiger partial charge in [0.1, 0.15) is 5.69 Å². The Kier molecular flexibility index (Phi) is 5.26. The Labute approximate surface area is 127 Å². The van der Waals surface area contributed by atoms with E-state index >= 15 is 0 Å². The minimum Gasteiger partial charge on any atom is -0.395 e. The van der Waals surface area contributed by atoms with Crippen LogP contribution < -0.4 is 11.1 Å². The standard InChI is InChI=1S/C16H28N4O/c1-4-12(11-9-7-6-8-10-11)18-16(21)15-14(17)13(5-2)19-20(15)3/h11-12H,4-10,17H2,1-3H3,(H,18,21). The molecule has 1 heterocycles. The molecule has 1 amide bonds. The Hall–Kier alpha value is -1.52. The van der Waals surface area contributed by atoms with Gasteiger partial charge in [0.05, 0.1) is 11.4 Å². The van der Waals surface area contributed by atoms with Crippen LogP contribution in [-0.2, 0) is 13.5 Å². The van der Waals surface area contributed by atoms with Crippen LogP contribution in [0.3, 0.4) is 0 Å². The van der Waals surface area contributed by atoms with E-state index in [9.17, 15) is 4.79 Å². The summed E-state index contributed by atoms with van der Waals surface area (Å²) >= 11 is 0. The highest BCUT2D eigenvalue weighted by molar-refractivity contribution is 5.98. The summed E-state index contributed by atoms with van der Waals surface area (Å²) in [4.78, 5) is 12.6. The molecule has 1 aliphatic rings. The third-order valence-electron chi connectivity index (χ3n) is 4.69. The van der Waals surface area contributed by atoms with E-state index in [0.717, 1.165) is 18.5 Å². The van der Waals surface area contributed by atoms with Crippen LogP contribution in [0.4, 0.5) is 5.69 Å². The number of carbonyl (C=O) groups excluding carboxylic acids is 1. The third-order valence-corrected chi connectivity index (χ3v) is 4.69. The molecule has 0 aliphatic heterocycles. The predicted molar refractivity (Wildman–Crippen MR) is 85.1 cm³/mol. The van der Waals surface area contributed by atoms with E-state index in [2.05, 4.69) is 17.3 Å². The number of rotatable bonds is 5. The molecule has 1 aromatic rings. The van der Waals surface area contributed by atoms with Crippen LogP contribution in [0.5, 0.6) is 0 Å². The van der Waals surface area contributed by atoms with Crippen LogP contribution in [0, 0.1) is 5.92 Å². The average Bonchev–Trinajstić information content (AvgIpc) is 2.79. The molecule has 0 bridgehead atoms. The Morgan fingerprint density at radius 1 is 1.38 bits per heavy atom. The highest BCUT2D eigenvalue weighted by atomic mass is 16.2. The first-order valence-electron chi connectivity index (χ1n) is 8.20. The number of nitrogens with one attached hydrogen (secondary N) is 1. The van der Waals surface area contributed by atoms with Crippen molar-refractivity contribution in [3.8, 4) is 0 Å². The molecule has 2 rings (SSSR count). The van der Waals surface area contributed by atoms with Crippen molar-refractivity contribution in [1.29, 1.82) is 0 Å². The first-order chi connectivity index (χ1) is 10.1. The van der Waals surface area contributed by atoms with E-state index in [-0.39, 0.29) is 11.9 Å². The van der Waals surface area contributed by atoms with Crippen molar-refractivity contribution >= 4 is 11.6 Å². The maximum Gasteiger partial charge on any atom is 0.271 e. The smallest absolute Gasteiger partial charge is 0.271 e. The maximum absolute atomic E-state index is 12.6. The molecule has 5 heteroatoms. The van der Waals surface area contributed by atoms with Crippen LogP contribution in [0.25, 0.3) is 0 Å². The highest BCUT2D eigenvalue weighted by Gasteiger charge is 2.26. The third kappa shape index (κ3) is 3.39. The fourth-order valence-corrected chi connectivity index (χ4v) is 3.45. The number of nitrogen functional groups attached to an aromatic ring is 1. The van der Waals surface area contributed by atoms with Gasteiger partial charge in [0.2, 0.25) is 0 Å². The Morgan fingerprint density at radius 2 is 2.05 bits per heavy atom. The molecule has 0 aromatic carbocycles. The van der Waals surface area contributed by atoms with Crippen molar-refractivity contribution in [2.75, 3.05) is 5.73 Å². The zero-order valence-corrected chi connectivity index (χ0v) is 13.5. The van der Waals surface area contributed by atoms with Gasteiger partial charge >= 0.3 is 0 Å². The quantitative estimate of drug-likeness (QED) is 0.876. The van der Waals surface area contributed by atoms with Gasteiger partial charge in [-0.3, -0.25) is 9.48 Å². The van der Waals surface area contributed by atoms with Crippen molar-refractivity contribution in [3.63, 3.8) is 0 Å². The van der Waals surface area contributed by atoms with E-state index < -0.39 is 0 Å². The second-order valence-corrected chi connectivity index (χ2v) is 6.07. The predicted octanol–water partition coefficient (Wildman–Crippen LogP) is 2.65. The van der Waals surface area contributed by atoms with Gasteiger partial charge in [0, 0.05) is 13.1 Å². The minimum atomic E-state index is -0.0837. The number of anilines is 1. The van der Waals surface area contributed by atoms with Gasteiger partial charge in [-0.15, -0.1) is 0 Å². The molecule has 0 saturated heterocycles. The molecule has 1 aromatic heterocycles. The molecule has 0 spiro atoms. The molecule has 1 fully saturated rings. The second-order valence-electron chi connectivity index (χ2n) is 6.07. The lowest BCUT2D eigenvalue weighted by atomic mass is 9.83. The van der Waals surface area contributed by atoms with Crippen molar-refractivity contribution in [1.82, 2.24) is 15.1 Å². The molecule has 118 valence electrons. The van der Waals surface area contributed by atoms with Gasteiger partial charge in [-0.1, -0.05) is 33.1 Å². The molecule has 3 N–H and O–H groups in total. The van der Waals surface area contributed by atoms with Gasteiger partial charge < -0.3 is 11.1 Å². The van der Waals surface area contributed by atoms with Crippen molar-refractivity contribution in [3.05, 3.63) is 11.4 Å². The van der Waals surface area contributed by atoms with E-state index in [4.69, 9.17) is 5.73 Å². The summed E-state index contributed by atoms with van der Waals surface area (Å²) in [5.41, 5.74) is 7.89. The van der Waals surface area contributed by atoms with Crippen LogP contribution in [0.1, 0.15) is 68.6 Å². The minimum absolute atomic E-state index is 0.0837. The fraction of sp³-hybridized carbons (Fsp3) is 0.750. The van der Waals surface area contributed by atoms with Crippen molar-refractivity contribution in [2.45, 2.75) is 64.8 Å². The van der Waals surface area contributed by atoms with Crippen LogP contribution in [0.15, 0.2) is 0 Å². The molecule has 21 heavy (non-hydrogen) atoms. The van der Waals surface area contributed by atoms with Crippen molar-refractivity contribution in [2.24, 2.45) is 13.0 Å². The van der Waals surface area contributed by atoms with Crippen molar-refractivity contribution < 1.29 is 4.79 Å². The molecular weight excluding hydrogens is 264 g/mol. The van der Waals surface area contributed by atoms with Crippen LogP contribution in [-0.4, -0.2) is 21.7 Å². The monoisotopic (exact) mass is 292 g/mol. The summed E-state index contributed by atoms with van der Waals surface area (Å²) in [5, 5.41) is 7.52. The van der Waals surface area contributed by atoms with Gasteiger partial charge in [-0.25, -0.2) is 0 Å². The average molecular weight is 292 g/mol. The SMILES string of the molecule is CCc1nn(C)c(C(=O)NC(CC)C2CCCCC2)c1N. The van der Waals surface area contributed by atoms with E-state index in [0.29, 0.717) is 17.3 Å². The zero-order chi connectivity index (χ0) is 15.4. The lowest BCUT2D eigenvalue weighted by Gasteiger charge is -2.30. The topological polar surface area (TPSA) is 72.9 Å². The fourth-order valence-electron chi connectivity index (χ4n) is 3.45. The summed E-state index contributed by atoms with van der Waals surface area (Å²) < 4.78 is 1.61. The number of nitrogens with two attached hydrogens (primary N) is 1. The summed E-state index contributed by atoms with van der Waals surface area (Å²) in [6.07, 6.45) is 8.05. The van der Waals surface area contributed by atoms with E-state index in [1.54, 1.807) is 11.7 Å². The number of nitrogens with zero attached hydrogens (tertiary/aromatic N) is 2. The second kappa shape index (κ2) is 6.96. The summed E-state index contributed by atoms with van der Waals surface area (Å²) in [7, 11) is 1.78. The van der Waals surface area contributed by atoms with Crippen LogP contribution in [0.2, 0.25) is 0 Å². The lowest BCUT2D eigenvalue weighted by Crippen LogP contribution is -2.41. The normalized spacial score (nSPS) is 17.7. The first kappa shape index (κ1) is 15.9. The maximum atomic E-state index is 12.6. The first-order valence-corrected chi connectivity index (χ1v) is 8.20. The van der Waals surface area contributed by atoms with Gasteiger partial charge in [0.15, 0.2) is 0 Å². The van der Waals surface area contributed by atoms with Gasteiger partial charge in [-0.2, -0.15) is 5.10 Å². The summed E-state index contributed by atoms with van der Waals surface area (Å²) in [5.74, 6) is 0.521. The summed E-state index contributed by atoms with van der Waals surface area (Å²) in [6, 6.07) is 0.247. The number of carbonyl (C=O) groups is 1. The largest absolute Gasteiger partial charge is 0.395 e. The van der Waals surface area contributed by atoms with E-state index in [1.807, 2.05) is 6.92 Å². The number of aromatic nitrogens is 2. The molecule has 0 radical (unpaired) electrons. The number of amides is 1. The van der Waals surface area contributed by atoms with Crippen LogP contribution >= 0.6 is 0 Å². The molecule has 5 nitrogen and oxygen atoms in total. The van der Waals surface area contributed by atoms with Gasteiger partial charge in [-0.05, 0) is 31.6 Å². The Balaban J connectivity index is 2.10. The number of aryl methyl sites for hydroxylation is 2. The zero-order valence-electron chi connectivity index (χ0n) is 13.5. The molecular formula is C16H28N4O. The lowest BCUT2D eigenvalue weighted by molar-refractivity contribution is 0.0902. The molecule has 1 aliphatic carbocycles. The highest BCUT2D eigenvalue weighted by Crippen LogP contribution is 2.28. The summed E-state index contributed by atoms with van der Waals surface area (Å²) in [6.45, 7) is 4.14. The molecule has 1 saturated carbocycles. The number of hydrogen-bond donors (Lipinski definition) is 2. The Morgan fingerprint density at radius 3 is 2.57 bits per heavy atom. The van der Waals surface area contributed by atoms with E-state index in [1.165, 1.54) is 32.1 Å². The molecule has 1 unspecified atom stereocenters. The molecule has 1 atom stereocenters.